The smallest absolute Gasteiger partial charge is 0.368 e. The van der Waals surface area contributed by atoms with E-state index in [1.54, 1.807) is 44.6 Å². The van der Waals surface area contributed by atoms with E-state index >= 15 is 0 Å². The monoisotopic (exact) mass is 409 g/mol. The number of benzene rings is 2. The van der Waals surface area contributed by atoms with Crippen LogP contribution in [0.3, 0.4) is 0 Å². The van der Waals surface area contributed by atoms with Crippen molar-refractivity contribution < 1.29 is 14.3 Å². The average Bonchev–Trinajstić information content (AvgIpc) is 3.08. The highest BCUT2D eigenvalue weighted by Crippen LogP contribution is 2.27. The molecule has 0 bridgehead atoms. The number of ether oxygens (including phenoxy) is 2. The minimum absolute atomic E-state index is 0.180. The number of hydrogen-bond acceptors (Lipinski definition) is 7. The Kier molecular flexibility index (Phi) is 6.63. The van der Waals surface area contributed by atoms with Gasteiger partial charge in [-0.05, 0) is 58.8 Å². The summed E-state index contributed by atoms with van der Waals surface area (Å²) in [6.45, 7) is 6.04. The second-order valence-corrected chi connectivity index (χ2v) is 6.39. The quantitative estimate of drug-likeness (QED) is 0.233. The number of methoxy groups -OCH3 is 1. The molecule has 3 aromatic rings. The van der Waals surface area contributed by atoms with Crippen LogP contribution in [0.2, 0.25) is 0 Å². The highest BCUT2D eigenvalue weighted by atomic mass is 16.6. The van der Waals surface area contributed by atoms with Crippen LogP contribution in [0.15, 0.2) is 59.0 Å². The van der Waals surface area contributed by atoms with Crippen LogP contribution in [-0.4, -0.2) is 39.7 Å². The van der Waals surface area contributed by atoms with E-state index in [0.29, 0.717) is 29.4 Å². The SMILES string of the molecule is C=CCO/N=C/c1ccc(OCc2c(OC)cccc2-n2nnn(C)c2=O)c(C)c1. The highest BCUT2D eigenvalue weighted by Gasteiger charge is 2.16. The topological polar surface area (TPSA) is 92.8 Å². The lowest BCUT2D eigenvalue weighted by Gasteiger charge is -2.15. The molecule has 1 heterocycles. The zero-order chi connectivity index (χ0) is 21.5. The van der Waals surface area contributed by atoms with Crippen LogP contribution < -0.4 is 15.2 Å². The third-order valence-corrected chi connectivity index (χ3v) is 4.32. The molecule has 9 nitrogen and oxygen atoms in total. The van der Waals surface area contributed by atoms with Crippen molar-refractivity contribution in [2.45, 2.75) is 13.5 Å². The summed E-state index contributed by atoms with van der Waals surface area (Å²) in [6.07, 6.45) is 3.25. The predicted octanol–water partition coefficient (Wildman–Crippen LogP) is 2.40. The van der Waals surface area contributed by atoms with Gasteiger partial charge in [-0.1, -0.05) is 23.9 Å². The molecule has 0 spiro atoms. The molecular formula is C21H23N5O4. The maximum atomic E-state index is 12.3. The van der Waals surface area contributed by atoms with Crippen molar-refractivity contribution in [3.63, 3.8) is 0 Å². The first-order chi connectivity index (χ1) is 14.5. The third-order valence-electron chi connectivity index (χ3n) is 4.32. The second-order valence-electron chi connectivity index (χ2n) is 6.39. The number of aryl methyl sites for hydroxylation is 2. The summed E-state index contributed by atoms with van der Waals surface area (Å²) in [6, 6.07) is 11.0. The van der Waals surface area contributed by atoms with Crippen LogP contribution in [0.5, 0.6) is 11.5 Å². The van der Waals surface area contributed by atoms with Gasteiger partial charge in [0.2, 0.25) is 0 Å². The lowest BCUT2D eigenvalue weighted by molar-refractivity contribution is 0.176. The van der Waals surface area contributed by atoms with Crippen LogP contribution in [0.1, 0.15) is 16.7 Å². The molecule has 156 valence electrons. The van der Waals surface area contributed by atoms with E-state index in [4.69, 9.17) is 14.3 Å². The van der Waals surface area contributed by atoms with E-state index in [0.717, 1.165) is 15.8 Å². The standard InChI is InChI=1S/C21H23N5O4/c1-5-11-30-22-13-16-9-10-19(15(2)12-16)29-14-17-18(7-6-8-20(17)28-4)26-21(27)25(3)23-24-26/h5-10,12-13H,1,11,14H2,2-4H3/b22-13+. The number of aromatic nitrogens is 4. The van der Waals surface area contributed by atoms with Gasteiger partial charge in [0, 0.05) is 7.05 Å². The molecule has 3 rings (SSSR count). The first-order valence-electron chi connectivity index (χ1n) is 9.20. The Balaban J connectivity index is 1.84. The lowest BCUT2D eigenvalue weighted by atomic mass is 10.1. The molecular weight excluding hydrogens is 386 g/mol. The molecule has 0 fully saturated rings. The lowest BCUT2D eigenvalue weighted by Crippen LogP contribution is -2.23. The van der Waals surface area contributed by atoms with Gasteiger partial charge in [0.15, 0.2) is 0 Å². The number of hydrogen-bond donors (Lipinski definition) is 0. The maximum absolute atomic E-state index is 12.3. The fourth-order valence-electron chi connectivity index (χ4n) is 2.81. The molecule has 2 aromatic carbocycles. The largest absolute Gasteiger partial charge is 0.496 e. The van der Waals surface area contributed by atoms with E-state index in [1.807, 2.05) is 25.1 Å². The van der Waals surface area contributed by atoms with Gasteiger partial charge in [-0.15, -0.1) is 0 Å². The van der Waals surface area contributed by atoms with Crippen molar-refractivity contribution in [1.29, 1.82) is 0 Å². The van der Waals surface area contributed by atoms with Crippen molar-refractivity contribution in [1.82, 2.24) is 19.8 Å². The summed E-state index contributed by atoms with van der Waals surface area (Å²) in [5.41, 5.74) is 2.69. The molecule has 0 saturated heterocycles. The molecule has 30 heavy (non-hydrogen) atoms. The molecule has 0 radical (unpaired) electrons. The van der Waals surface area contributed by atoms with Crippen LogP contribution in [0, 0.1) is 6.92 Å². The number of rotatable bonds is 9. The van der Waals surface area contributed by atoms with E-state index in [2.05, 4.69) is 22.2 Å². The number of tetrazole rings is 1. The minimum Gasteiger partial charge on any atom is -0.496 e. The molecule has 0 saturated carbocycles. The van der Waals surface area contributed by atoms with Gasteiger partial charge < -0.3 is 14.3 Å². The Morgan fingerprint density at radius 2 is 2.03 bits per heavy atom. The summed E-state index contributed by atoms with van der Waals surface area (Å²) in [4.78, 5) is 17.3. The Morgan fingerprint density at radius 1 is 1.20 bits per heavy atom. The Labute approximate surface area is 173 Å². The zero-order valence-corrected chi connectivity index (χ0v) is 17.1. The first-order valence-corrected chi connectivity index (χ1v) is 9.20. The minimum atomic E-state index is -0.358. The van der Waals surface area contributed by atoms with Crippen molar-refractivity contribution >= 4 is 6.21 Å². The van der Waals surface area contributed by atoms with E-state index in [-0.39, 0.29) is 12.3 Å². The van der Waals surface area contributed by atoms with Gasteiger partial charge >= 0.3 is 5.69 Å². The van der Waals surface area contributed by atoms with Gasteiger partial charge in [-0.25, -0.2) is 4.79 Å². The molecule has 0 atom stereocenters. The molecule has 0 aliphatic carbocycles. The summed E-state index contributed by atoms with van der Waals surface area (Å²) >= 11 is 0. The summed E-state index contributed by atoms with van der Waals surface area (Å²) in [5.74, 6) is 1.29. The van der Waals surface area contributed by atoms with Crippen molar-refractivity contribution in [2.75, 3.05) is 13.7 Å². The molecule has 1 aromatic heterocycles. The van der Waals surface area contributed by atoms with Crippen molar-refractivity contribution in [2.24, 2.45) is 12.2 Å². The molecule has 0 aliphatic heterocycles. The first kappa shape index (κ1) is 20.8. The third kappa shape index (κ3) is 4.57. The van der Waals surface area contributed by atoms with Gasteiger partial charge in [-0.2, -0.15) is 9.36 Å². The van der Waals surface area contributed by atoms with Crippen molar-refractivity contribution in [3.05, 3.63) is 76.2 Å². The molecule has 0 unspecified atom stereocenters. The molecule has 0 N–H and O–H groups in total. The van der Waals surface area contributed by atoms with Gasteiger partial charge in [-0.3, -0.25) is 0 Å². The fourth-order valence-corrected chi connectivity index (χ4v) is 2.81. The van der Waals surface area contributed by atoms with Gasteiger partial charge in [0.1, 0.15) is 24.7 Å². The Bertz CT molecular complexity index is 1120. The fraction of sp³-hybridized carbons (Fsp3) is 0.238. The average molecular weight is 409 g/mol. The molecule has 9 heteroatoms. The van der Waals surface area contributed by atoms with Crippen LogP contribution in [0.4, 0.5) is 0 Å². The molecule has 0 amide bonds. The number of nitrogens with zero attached hydrogens (tertiary/aromatic N) is 5. The summed E-state index contributed by atoms with van der Waals surface area (Å²) in [5, 5.41) is 11.6. The highest BCUT2D eigenvalue weighted by molar-refractivity contribution is 5.79. The zero-order valence-electron chi connectivity index (χ0n) is 17.1. The van der Waals surface area contributed by atoms with E-state index < -0.39 is 0 Å². The second kappa shape index (κ2) is 9.55. The number of oxime groups is 1. The summed E-state index contributed by atoms with van der Waals surface area (Å²) in [7, 11) is 3.11. The van der Waals surface area contributed by atoms with Crippen molar-refractivity contribution in [3.8, 4) is 17.2 Å². The Hall–Kier alpha value is -3.88. The van der Waals surface area contributed by atoms with Crippen LogP contribution in [0.25, 0.3) is 5.69 Å². The predicted molar refractivity (Wildman–Crippen MR) is 112 cm³/mol. The normalized spacial score (nSPS) is 10.9. The van der Waals surface area contributed by atoms with Gasteiger partial charge in [0.05, 0.1) is 24.6 Å². The molecule has 0 aliphatic rings. The van der Waals surface area contributed by atoms with E-state index in [1.165, 1.54) is 4.68 Å². The maximum Gasteiger partial charge on any atom is 0.368 e. The Morgan fingerprint density at radius 3 is 2.70 bits per heavy atom. The summed E-state index contributed by atoms with van der Waals surface area (Å²) < 4.78 is 13.9. The van der Waals surface area contributed by atoms with Crippen LogP contribution in [-0.2, 0) is 18.5 Å². The van der Waals surface area contributed by atoms with E-state index in [9.17, 15) is 4.79 Å². The van der Waals surface area contributed by atoms with Crippen LogP contribution >= 0.6 is 0 Å². The van der Waals surface area contributed by atoms with Gasteiger partial charge in [0.25, 0.3) is 0 Å².